The largest absolute Gasteiger partial charge is 0.348 e. The van der Waals surface area contributed by atoms with Crippen LogP contribution in [0.1, 0.15) is 16.8 Å². The highest BCUT2D eigenvalue weighted by Crippen LogP contribution is 2.23. The van der Waals surface area contributed by atoms with E-state index in [0.717, 1.165) is 13.0 Å². The molecule has 0 spiro atoms. The van der Waals surface area contributed by atoms with Gasteiger partial charge in [0.2, 0.25) is 0 Å². The van der Waals surface area contributed by atoms with Gasteiger partial charge in [0.1, 0.15) is 5.56 Å². The average Bonchev–Trinajstić information content (AvgIpc) is 2.81. The Morgan fingerprint density at radius 1 is 1.56 bits per heavy atom. The first kappa shape index (κ1) is 12.8. The highest BCUT2D eigenvalue weighted by molar-refractivity contribution is 6.31. The minimum absolute atomic E-state index is 0.0211. The summed E-state index contributed by atoms with van der Waals surface area (Å²) in [5.74, 6) is -0.438. The molecule has 0 aliphatic carbocycles. The molecule has 96 valence electrons. The van der Waals surface area contributed by atoms with Crippen molar-refractivity contribution < 1.29 is 9.72 Å². The Hall–Kier alpha value is -1.66. The fraction of sp³-hybridized carbons (Fsp3) is 0.364. The van der Waals surface area contributed by atoms with Crippen LogP contribution in [0.4, 0.5) is 5.69 Å². The first-order chi connectivity index (χ1) is 8.58. The van der Waals surface area contributed by atoms with Crippen molar-refractivity contribution in [2.24, 2.45) is 0 Å². The second-order valence-electron chi connectivity index (χ2n) is 4.08. The summed E-state index contributed by atoms with van der Waals surface area (Å²) < 4.78 is 0. The fourth-order valence-electron chi connectivity index (χ4n) is 1.89. The Bertz CT molecular complexity index is 486. The molecule has 7 heteroatoms. The molecule has 0 unspecified atom stereocenters. The summed E-state index contributed by atoms with van der Waals surface area (Å²) in [4.78, 5) is 22.2. The number of nitro benzene ring substituents is 1. The number of hydrogen-bond acceptors (Lipinski definition) is 4. The monoisotopic (exact) mass is 269 g/mol. The van der Waals surface area contributed by atoms with Crippen molar-refractivity contribution >= 4 is 23.2 Å². The van der Waals surface area contributed by atoms with E-state index < -0.39 is 10.8 Å². The second-order valence-corrected chi connectivity index (χ2v) is 4.52. The number of carbonyl (C=O) groups excluding carboxylic acids is 1. The number of nitrogens with one attached hydrogen (secondary N) is 2. The summed E-state index contributed by atoms with van der Waals surface area (Å²) >= 11 is 5.69. The van der Waals surface area contributed by atoms with Crippen molar-refractivity contribution in [2.75, 3.05) is 13.1 Å². The third kappa shape index (κ3) is 2.77. The van der Waals surface area contributed by atoms with Crippen LogP contribution in [0.3, 0.4) is 0 Å². The van der Waals surface area contributed by atoms with E-state index in [9.17, 15) is 14.9 Å². The highest BCUT2D eigenvalue weighted by atomic mass is 35.5. The second kappa shape index (κ2) is 5.32. The van der Waals surface area contributed by atoms with Gasteiger partial charge in [-0.05, 0) is 25.1 Å². The summed E-state index contributed by atoms with van der Waals surface area (Å²) in [6, 6.07) is 4.05. The predicted molar refractivity (Wildman–Crippen MR) is 66.8 cm³/mol. The number of nitrogens with zero attached hydrogens (tertiary/aromatic N) is 1. The highest BCUT2D eigenvalue weighted by Gasteiger charge is 2.23. The molecular weight excluding hydrogens is 258 g/mol. The van der Waals surface area contributed by atoms with Crippen LogP contribution in [0.5, 0.6) is 0 Å². The van der Waals surface area contributed by atoms with Crippen LogP contribution in [-0.2, 0) is 0 Å². The summed E-state index contributed by atoms with van der Waals surface area (Å²) in [7, 11) is 0. The van der Waals surface area contributed by atoms with Gasteiger partial charge in [-0.2, -0.15) is 0 Å². The topological polar surface area (TPSA) is 84.3 Å². The molecule has 1 aromatic carbocycles. The molecular formula is C11H12ClN3O3. The number of nitro groups is 1. The lowest BCUT2D eigenvalue weighted by molar-refractivity contribution is -0.385. The Labute approximate surface area is 108 Å². The van der Waals surface area contributed by atoms with Crippen LogP contribution in [0.2, 0.25) is 5.02 Å². The summed E-state index contributed by atoms with van der Waals surface area (Å²) in [5, 5.41) is 17.0. The number of amides is 1. The van der Waals surface area contributed by atoms with Gasteiger partial charge in [0, 0.05) is 23.7 Å². The summed E-state index contributed by atoms with van der Waals surface area (Å²) in [6.07, 6.45) is 0.827. The van der Waals surface area contributed by atoms with Gasteiger partial charge in [-0.1, -0.05) is 11.6 Å². The average molecular weight is 270 g/mol. The Balaban J connectivity index is 2.20. The van der Waals surface area contributed by atoms with E-state index in [1.165, 1.54) is 18.2 Å². The van der Waals surface area contributed by atoms with Gasteiger partial charge in [-0.25, -0.2) is 0 Å². The molecule has 6 nitrogen and oxygen atoms in total. The molecule has 1 saturated heterocycles. The minimum Gasteiger partial charge on any atom is -0.348 e. The van der Waals surface area contributed by atoms with Crippen molar-refractivity contribution in [1.29, 1.82) is 0 Å². The van der Waals surface area contributed by atoms with E-state index in [2.05, 4.69) is 10.6 Å². The van der Waals surface area contributed by atoms with Crippen LogP contribution >= 0.6 is 11.6 Å². The first-order valence-corrected chi connectivity index (χ1v) is 5.91. The molecule has 18 heavy (non-hydrogen) atoms. The van der Waals surface area contributed by atoms with Crippen molar-refractivity contribution in [3.05, 3.63) is 38.9 Å². The molecule has 1 heterocycles. The van der Waals surface area contributed by atoms with E-state index >= 15 is 0 Å². The van der Waals surface area contributed by atoms with Crippen molar-refractivity contribution in [3.8, 4) is 0 Å². The van der Waals surface area contributed by atoms with E-state index in [1.54, 1.807) is 0 Å². The van der Waals surface area contributed by atoms with Crippen molar-refractivity contribution in [3.63, 3.8) is 0 Å². The zero-order valence-corrected chi connectivity index (χ0v) is 10.2. The van der Waals surface area contributed by atoms with Crippen LogP contribution in [0.15, 0.2) is 18.2 Å². The number of carbonyl (C=O) groups is 1. The third-order valence-corrected chi connectivity index (χ3v) is 3.03. The van der Waals surface area contributed by atoms with Gasteiger partial charge >= 0.3 is 0 Å². The van der Waals surface area contributed by atoms with Crippen molar-refractivity contribution in [1.82, 2.24) is 10.6 Å². The number of halogens is 1. The predicted octanol–water partition coefficient (Wildman–Crippen LogP) is 1.34. The van der Waals surface area contributed by atoms with Gasteiger partial charge in [0.25, 0.3) is 11.6 Å². The maximum absolute atomic E-state index is 12.0. The molecule has 1 aromatic rings. The van der Waals surface area contributed by atoms with Gasteiger partial charge in [-0.15, -0.1) is 0 Å². The van der Waals surface area contributed by atoms with Gasteiger partial charge in [0.15, 0.2) is 0 Å². The summed E-state index contributed by atoms with van der Waals surface area (Å²) in [5.41, 5.74) is -0.234. The smallest absolute Gasteiger partial charge is 0.283 e. The van der Waals surface area contributed by atoms with Crippen LogP contribution in [-0.4, -0.2) is 30.0 Å². The molecule has 2 N–H and O–H groups in total. The number of hydrogen-bond donors (Lipinski definition) is 2. The molecule has 0 aromatic heterocycles. The molecule has 1 fully saturated rings. The third-order valence-electron chi connectivity index (χ3n) is 2.80. The quantitative estimate of drug-likeness (QED) is 0.641. The maximum Gasteiger partial charge on any atom is 0.283 e. The normalized spacial score (nSPS) is 18.6. The minimum atomic E-state index is -0.603. The number of rotatable bonds is 3. The Kier molecular flexibility index (Phi) is 3.78. The first-order valence-electron chi connectivity index (χ1n) is 5.53. The van der Waals surface area contributed by atoms with Crippen molar-refractivity contribution in [2.45, 2.75) is 12.5 Å². The van der Waals surface area contributed by atoms with Crippen LogP contribution in [0.25, 0.3) is 0 Å². The molecule has 0 saturated carbocycles. The lowest BCUT2D eigenvalue weighted by Crippen LogP contribution is -2.36. The molecule has 0 bridgehead atoms. The Morgan fingerprint density at radius 3 is 2.94 bits per heavy atom. The van der Waals surface area contributed by atoms with Gasteiger partial charge in [-0.3, -0.25) is 14.9 Å². The Morgan fingerprint density at radius 2 is 2.33 bits per heavy atom. The molecule has 1 amide bonds. The van der Waals surface area contributed by atoms with Gasteiger partial charge < -0.3 is 10.6 Å². The molecule has 1 aliphatic rings. The van der Waals surface area contributed by atoms with E-state index in [1.807, 2.05) is 0 Å². The molecule has 1 atom stereocenters. The van der Waals surface area contributed by atoms with Crippen LogP contribution < -0.4 is 10.6 Å². The molecule has 0 radical (unpaired) electrons. The zero-order chi connectivity index (χ0) is 13.1. The molecule has 1 aliphatic heterocycles. The number of benzene rings is 1. The van der Waals surface area contributed by atoms with E-state index in [0.29, 0.717) is 6.54 Å². The maximum atomic E-state index is 12.0. The lowest BCUT2D eigenvalue weighted by Gasteiger charge is -2.11. The standard InChI is InChI=1S/C11H12ClN3O3/c12-7-1-2-9(10(5-7)15(17)18)11(16)14-8-3-4-13-6-8/h1-2,5,8,13H,3-4,6H2,(H,14,16)/t8-/m1/s1. The molecule has 2 rings (SSSR count). The fourth-order valence-corrected chi connectivity index (χ4v) is 2.06. The van der Waals surface area contributed by atoms with E-state index in [-0.39, 0.29) is 22.3 Å². The zero-order valence-electron chi connectivity index (χ0n) is 9.48. The van der Waals surface area contributed by atoms with E-state index in [4.69, 9.17) is 11.6 Å². The van der Waals surface area contributed by atoms with Gasteiger partial charge in [0.05, 0.1) is 4.92 Å². The van der Waals surface area contributed by atoms with Crippen LogP contribution in [0, 0.1) is 10.1 Å². The SMILES string of the molecule is O=C(N[C@@H]1CCNC1)c1ccc(Cl)cc1[N+](=O)[O-]. The summed E-state index contributed by atoms with van der Waals surface area (Å²) in [6.45, 7) is 1.53. The lowest BCUT2D eigenvalue weighted by atomic mass is 10.1.